The van der Waals surface area contributed by atoms with Crippen molar-refractivity contribution in [2.45, 2.75) is 4.90 Å². The highest BCUT2D eigenvalue weighted by Gasteiger charge is 2.32. The zero-order valence-electron chi connectivity index (χ0n) is 14.6. The van der Waals surface area contributed by atoms with Gasteiger partial charge in [0.05, 0.1) is 0 Å². The summed E-state index contributed by atoms with van der Waals surface area (Å²) in [7, 11) is -3.92. The molecule has 0 unspecified atom stereocenters. The SMILES string of the molecule is O=C(c1csc(-c2ccsc2)n1)N1CCN(S(=O)(=O)c2ccccc2F)CC1. The standard InChI is InChI=1S/C18H16FN3O3S3/c19-14-3-1-2-4-16(14)28(24,25)22-8-6-21(7-9-22)18(23)15-12-27-17(20-15)13-5-10-26-11-13/h1-5,10-12H,6-9H2. The molecule has 0 atom stereocenters. The highest BCUT2D eigenvalue weighted by atomic mass is 32.2. The first-order valence-electron chi connectivity index (χ1n) is 8.49. The number of rotatable bonds is 4. The van der Waals surface area contributed by atoms with Crippen LogP contribution in [0.1, 0.15) is 10.5 Å². The smallest absolute Gasteiger partial charge is 0.273 e. The number of benzene rings is 1. The molecule has 0 saturated carbocycles. The lowest BCUT2D eigenvalue weighted by Gasteiger charge is -2.33. The predicted octanol–water partition coefficient (Wildman–Crippen LogP) is 3.16. The third-order valence-electron chi connectivity index (χ3n) is 4.47. The number of piperazine rings is 1. The molecule has 1 aliphatic heterocycles. The summed E-state index contributed by atoms with van der Waals surface area (Å²) in [5.41, 5.74) is 1.34. The van der Waals surface area contributed by atoms with Crippen LogP contribution in [-0.2, 0) is 10.0 Å². The van der Waals surface area contributed by atoms with Gasteiger partial charge in [-0.05, 0) is 23.6 Å². The molecule has 1 fully saturated rings. The van der Waals surface area contributed by atoms with E-state index in [2.05, 4.69) is 4.98 Å². The van der Waals surface area contributed by atoms with E-state index in [-0.39, 0.29) is 37.0 Å². The molecule has 0 aliphatic carbocycles. The molecule has 3 aromatic rings. The van der Waals surface area contributed by atoms with Crippen molar-refractivity contribution < 1.29 is 17.6 Å². The van der Waals surface area contributed by atoms with Crippen LogP contribution in [0, 0.1) is 5.82 Å². The molecule has 0 bridgehead atoms. The largest absolute Gasteiger partial charge is 0.335 e. The first kappa shape index (κ1) is 19.2. The molecule has 6 nitrogen and oxygen atoms in total. The van der Waals surface area contributed by atoms with Crippen molar-refractivity contribution in [1.29, 1.82) is 0 Å². The summed E-state index contributed by atoms with van der Waals surface area (Å²) in [6, 6.07) is 7.26. The van der Waals surface area contributed by atoms with E-state index < -0.39 is 15.8 Å². The number of carbonyl (C=O) groups excluding carboxylic acids is 1. The van der Waals surface area contributed by atoms with E-state index in [1.807, 2.05) is 16.8 Å². The summed E-state index contributed by atoms with van der Waals surface area (Å²) in [6.07, 6.45) is 0. The van der Waals surface area contributed by atoms with E-state index >= 15 is 0 Å². The van der Waals surface area contributed by atoms with Crippen LogP contribution in [0.5, 0.6) is 0 Å². The number of aromatic nitrogens is 1. The number of halogens is 1. The van der Waals surface area contributed by atoms with Gasteiger partial charge >= 0.3 is 0 Å². The Labute approximate surface area is 169 Å². The maximum Gasteiger partial charge on any atom is 0.273 e. The van der Waals surface area contributed by atoms with Crippen LogP contribution in [0.2, 0.25) is 0 Å². The first-order chi connectivity index (χ1) is 13.5. The van der Waals surface area contributed by atoms with Crippen molar-refractivity contribution >= 4 is 38.6 Å². The molecule has 2 aromatic heterocycles. The van der Waals surface area contributed by atoms with Gasteiger partial charge in [0.2, 0.25) is 10.0 Å². The fourth-order valence-corrected chi connectivity index (χ4v) is 5.97. The second-order valence-electron chi connectivity index (χ2n) is 6.18. The van der Waals surface area contributed by atoms with E-state index in [0.717, 1.165) is 16.6 Å². The quantitative estimate of drug-likeness (QED) is 0.629. The summed E-state index contributed by atoms with van der Waals surface area (Å²) in [5.74, 6) is -0.995. The van der Waals surface area contributed by atoms with Gasteiger partial charge in [0, 0.05) is 42.5 Å². The van der Waals surface area contributed by atoms with Gasteiger partial charge in [-0.15, -0.1) is 11.3 Å². The zero-order chi connectivity index (χ0) is 19.7. The van der Waals surface area contributed by atoms with Gasteiger partial charge in [-0.2, -0.15) is 15.6 Å². The summed E-state index contributed by atoms with van der Waals surface area (Å²) < 4.78 is 40.4. The van der Waals surface area contributed by atoms with Crippen LogP contribution in [0.25, 0.3) is 10.6 Å². The lowest BCUT2D eigenvalue weighted by atomic mass is 10.3. The molecule has 3 heterocycles. The Kier molecular flexibility index (Phi) is 5.28. The minimum Gasteiger partial charge on any atom is -0.335 e. The molecule has 0 spiro atoms. The molecule has 10 heteroatoms. The third-order valence-corrected chi connectivity index (χ3v) is 7.98. The van der Waals surface area contributed by atoms with Crippen molar-refractivity contribution in [2.24, 2.45) is 0 Å². The fraction of sp³-hybridized carbons (Fsp3) is 0.222. The minimum absolute atomic E-state index is 0.115. The number of hydrogen-bond acceptors (Lipinski definition) is 6. The van der Waals surface area contributed by atoms with Crippen molar-refractivity contribution in [1.82, 2.24) is 14.2 Å². The number of sulfonamides is 1. The maximum atomic E-state index is 13.9. The van der Waals surface area contributed by atoms with Crippen LogP contribution in [0.4, 0.5) is 4.39 Å². The second kappa shape index (κ2) is 7.70. The summed E-state index contributed by atoms with van der Waals surface area (Å²) >= 11 is 2.97. The number of hydrogen-bond donors (Lipinski definition) is 0. The van der Waals surface area contributed by atoms with E-state index in [9.17, 15) is 17.6 Å². The highest BCUT2D eigenvalue weighted by molar-refractivity contribution is 7.89. The average Bonchev–Trinajstić information content (AvgIpc) is 3.39. The van der Waals surface area contributed by atoms with Gasteiger partial charge in [0.25, 0.3) is 5.91 Å². The van der Waals surface area contributed by atoms with Crippen LogP contribution >= 0.6 is 22.7 Å². The van der Waals surface area contributed by atoms with Gasteiger partial charge in [-0.3, -0.25) is 4.79 Å². The summed E-state index contributed by atoms with van der Waals surface area (Å²) in [4.78, 5) is 18.4. The van der Waals surface area contributed by atoms with Crippen molar-refractivity contribution in [2.75, 3.05) is 26.2 Å². The summed E-state index contributed by atoms with van der Waals surface area (Å²) in [5, 5.41) is 6.43. The minimum atomic E-state index is -3.92. The Morgan fingerprint density at radius 3 is 2.50 bits per heavy atom. The predicted molar refractivity (Wildman–Crippen MR) is 106 cm³/mol. The van der Waals surface area contributed by atoms with Crippen molar-refractivity contribution in [3.8, 4) is 10.6 Å². The summed E-state index contributed by atoms with van der Waals surface area (Å²) in [6.45, 7) is 0.698. The topological polar surface area (TPSA) is 70.6 Å². The van der Waals surface area contributed by atoms with Gasteiger partial charge in [0.1, 0.15) is 21.4 Å². The van der Waals surface area contributed by atoms with E-state index in [1.165, 1.54) is 33.8 Å². The average molecular weight is 438 g/mol. The van der Waals surface area contributed by atoms with Gasteiger partial charge < -0.3 is 4.90 Å². The molecule has 1 aromatic carbocycles. The number of amides is 1. The molecule has 1 aliphatic rings. The Hall–Kier alpha value is -2.14. The Bertz CT molecular complexity index is 1090. The Morgan fingerprint density at radius 1 is 1.07 bits per heavy atom. The van der Waals surface area contributed by atoms with Crippen LogP contribution in [0.3, 0.4) is 0 Å². The number of carbonyl (C=O) groups is 1. The number of thiazole rings is 1. The van der Waals surface area contributed by atoms with Crippen molar-refractivity contribution in [3.63, 3.8) is 0 Å². The molecule has 0 N–H and O–H groups in total. The molecule has 0 radical (unpaired) electrons. The third kappa shape index (κ3) is 3.60. The number of nitrogens with zero attached hydrogens (tertiary/aromatic N) is 3. The van der Waals surface area contributed by atoms with Crippen LogP contribution in [-0.4, -0.2) is 54.7 Å². The molecule has 146 valence electrons. The maximum absolute atomic E-state index is 13.9. The van der Waals surface area contributed by atoms with E-state index in [4.69, 9.17) is 0 Å². The van der Waals surface area contributed by atoms with Crippen LogP contribution < -0.4 is 0 Å². The van der Waals surface area contributed by atoms with Gasteiger partial charge in [0.15, 0.2) is 0 Å². The van der Waals surface area contributed by atoms with Crippen LogP contribution in [0.15, 0.2) is 51.4 Å². The molecule has 4 rings (SSSR count). The van der Waals surface area contributed by atoms with Gasteiger partial charge in [-0.25, -0.2) is 17.8 Å². The van der Waals surface area contributed by atoms with E-state index in [1.54, 1.807) is 21.6 Å². The van der Waals surface area contributed by atoms with E-state index in [0.29, 0.717) is 5.69 Å². The fourth-order valence-electron chi connectivity index (χ4n) is 2.98. The second-order valence-corrected chi connectivity index (χ2v) is 9.72. The molecule has 28 heavy (non-hydrogen) atoms. The monoisotopic (exact) mass is 437 g/mol. The van der Waals surface area contributed by atoms with Crippen molar-refractivity contribution in [3.05, 3.63) is 58.0 Å². The molecular weight excluding hydrogens is 421 g/mol. The van der Waals surface area contributed by atoms with Gasteiger partial charge in [-0.1, -0.05) is 12.1 Å². The normalized spacial score (nSPS) is 15.7. The lowest BCUT2D eigenvalue weighted by molar-refractivity contribution is 0.0692. The molecule has 1 saturated heterocycles. The molecule has 1 amide bonds. The Balaban J connectivity index is 1.44. The highest BCUT2D eigenvalue weighted by Crippen LogP contribution is 2.26. The zero-order valence-corrected chi connectivity index (χ0v) is 17.1. The molecular formula is C18H16FN3O3S3. The lowest BCUT2D eigenvalue weighted by Crippen LogP contribution is -2.50. The Morgan fingerprint density at radius 2 is 1.82 bits per heavy atom. The first-order valence-corrected chi connectivity index (χ1v) is 11.7. The number of thiophene rings is 1.